The molecule has 1 aromatic rings. The summed E-state index contributed by atoms with van der Waals surface area (Å²) in [7, 11) is 0. The minimum Gasteiger partial charge on any atom is -0.335 e. The predicted octanol–water partition coefficient (Wildman–Crippen LogP) is 1.89. The molecular weight excluding hydrogens is 200 g/mol. The average molecular weight is 218 g/mol. The third kappa shape index (κ3) is 2.79. The number of hydrogen-bond donors (Lipinski definition) is 1. The van der Waals surface area contributed by atoms with Gasteiger partial charge in [-0.1, -0.05) is 19.1 Å². The van der Waals surface area contributed by atoms with Crippen LogP contribution in [0.2, 0.25) is 0 Å². The number of aromatic nitrogens is 2. The van der Waals surface area contributed by atoms with Gasteiger partial charge in [0.05, 0.1) is 0 Å². The smallest absolute Gasteiger partial charge is 0.224 e. The first kappa shape index (κ1) is 11.1. The Morgan fingerprint density at radius 1 is 1.25 bits per heavy atom. The summed E-state index contributed by atoms with van der Waals surface area (Å²) in [6.45, 7) is 6.12. The van der Waals surface area contributed by atoms with Gasteiger partial charge in [0.1, 0.15) is 6.17 Å². The first-order valence-electron chi connectivity index (χ1n) is 5.80. The summed E-state index contributed by atoms with van der Waals surface area (Å²) in [5, 5.41) is 3.28. The lowest BCUT2D eigenvalue weighted by molar-refractivity contribution is 0.205. The third-order valence-corrected chi connectivity index (χ3v) is 2.85. The molecule has 16 heavy (non-hydrogen) atoms. The van der Waals surface area contributed by atoms with Crippen molar-refractivity contribution >= 4 is 5.95 Å². The number of piperidine rings is 1. The van der Waals surface area contributed by atoms with Crippen LogP contribution in [0.4, 0.5) is 5.95 Å². The van der Waals surface area contributed by atoms with Gasteiger partial charge in [0.2, 0.25) is 5.95 Å². The molecule has 0 saturated carbocycles. The Morgan fingerprint density at radius 3 is 2.56 bits per heavy atom. The van der Waals surface area contributed by atoms with Gasteiger partial charge in [-0.3, -0.25) is 4.90 Å². The Kier molecular flexibility index (Phi) is 3.88. The van der Waals surface area contributed by atoms with Crippen LogP contribution in [0.5, 0.6) is 0 Å². The molecule has 0 bridgehead atoms. The highest BCUT2D eigenvalue weighted by Gasteiger charge is 2.18. The summed E-state index contributed by atoms with van der Waals surface area (Å²) < 4.78 is 0. The molecule has 86 valence electrons. The van der Waals surface area contributed by atoms with Crippen LogP contribution in [0.15, 0.2) is 31.1 Å². The van der Waals surface area contributed by atoms with Crippen molar-refractivity contribution in [1.29, 1.82) is 0 Å². The van der Waals surface area contributed by atoms with Crippen LogP contribution in [0.1, 0.15) is 19.3 Å². The van der Waals surface area contributed by atoms with Crippen molar-refractivity contribution in [1.82, 2.24) is 14.9 Å². The normalized spacial score (nSPS) is 19.0. The SMILES string of the molecule is C=CC(Nc1ncccn1)N1CCCCC1. The van der Waals surface area contributed by atoms with E-state index in [0.29, 0.717) is 5.95 Å². The van der Waals surface area contributed by atoms with Crippen molar-refractivity contribution in [3.63, 3.8) is 0 Å². The van der Waals surface area contributed by atoms with Gasteiger partial charge < -0.3 is 5.32 Å². The quantitative estimate of drug-likeness (QED) is 0.783. The van der Waals surface area contributed by atoms with Crippen molar-refractivity contribution < 1.29 is 0 Å². The van der Waals surface area contributed by atoms with E-state index in [-0.39, 0.29) is 6.17 Å². The first-order valence-corrected chi connectivity index (χ1v) is 5.80. The Balaban J connectivity index is 1.97. The van der Waals surface area contributed by atoms with E-state index in [2.05, 4.69) is 26.8 Å². The monoisotopic (exact) mass is 218 g/mol. The molecule has 4 heteroatoms. The fourth-order valence-electron chi connectivity index (χ4n) is 2.00. The second kappa shape index (κ2) is 5.61. The Hall–Kier alpha value is -1.42. The molecule has 2 rings (SSSR count). The molecule has 1 saturated heterocycles. The van der Waals surface area contributed by atoms with E-state index >= 15 is 0 Å². The predicted molar refractivity (Wildman–Crippen MR) is 65.1 cm³/mol. The summed E-state index contributed by atoms with van der Waals surface area (Å²) >= 11 is 0. The van der Waals surface area contributed by atoms with Crippen LogP contribution in [0.25, 0.3) is 0 Å². The Bertz CT molecular complexity index is 319. The highest BCUT2D eigenvalue weighted by Crippen LogP contribution is 2.13. The number of nitrogens with zero attached hydrogens (tertiary/aromatic N) is 3. The van der Waals surface area contributed by atoms with Crippen molar-refractivity contribution in [3.8, 4) is 0 Å². The van der Waals surface area contributed by atoms with Gasteiger partial charge in [0, 0.05) is 25.5 Å². The number of rotatable bonds is 4. The standard InChI is InChI=1S/C12H18N4/c1-2-11(16-9-4-3-5-10-16)15-12-13-7-6-8-14-12/h2,6-8,11H,1,3-5,9-10H2,(H,13,14,15). The molecule has 4 nitrogen and oxygen atoms in total. The molecule has 2 heterocycles. The zero-order chi connectivity index (χ0) is 11.2. The van der Waals surface area contributed by atoms with Crippen LogP contribution >= 0.6 is 0 Å². The summed E-state index contributed by atoms with van der Waals surface area (Å²) in [5.41, 5.74) is 0. The largest absolute Gasteiger partial charge is 0.335 e. The summed E-state index contributed by atoms with van der Waals surface area (Å²) in [4.78, 5) is 10.7. The van der Waals surface area contributed by atoms with E-state index in [9.17, 15) is 0 Å². The van der Waals surface area contributed by atoms with E-state index in [1.54, 1.807) is 12.4 Å². The van der Waals surface area contributed by atoms with Crippen molar-refractivity contribution in [2.24, 2.45) is 0 Å². The van der Waals surface area contributed by atoms with Crippen LogP contribution in [0.3, 0.4) is 0 Å². The highest BCUT2D eigenvalue weighted by atomic mass is 15.3. The number of hydrogen-bond acceptors (Lipinski definition) is 4. The molecule has 0 radical (unpaired) electrons. The van der Waals surface area contributed by atoms with E-state index in [0.717, 1.165) is 13.1 Å². The second-order valence-electron chi connectivity index (χ2n) is 3.99. The maximum absolute atomic E-state index is 4.16. The maximum atomic E-state index is 4.16. The molecule has 0 aromatic carbocycles. The molecule has 1 unspecified atom stereocenters. The average Bonchev–Trinajstić information content (AvgIpc) is 2.38. The fourth-order valence-corrected chi connectivity index (χ4v) is 2.00. The fraction of sp³-hybridized carbons (Fsp3) is 0.500. The van der Waals surface area contributed by atoms with Gasteiger partial charge in [-0.05, 0) is 18.9 Å². The maximum Gasteiger partial charge on any atom is 0.224 e. The van der Waals surface area contributed by atoms with Gasteiger partial charge in [-0.2, -0.15) is 0 Å². The lowest BCUT2D eigenvalue weighted by Crippen LogP contribution is -2.42. The Labute approximate surface area is 96.4 Å². The molecule has 1 atom stereocenters. The third-order valence-electron chi connectivity index (χ3n) is 2.85. The molecule has 0 spiro atoms. The molecule has 1 aromatic heterocycles. The lowest BCUT2D eigenvalue weighted by atomic mass is 10.1. The molecule has 0 amide bonds. The van der Waals surface area contributed by atoms with E-state index < -0.39 is 0 Å². The van der Waals surface area contributed by atoms with Gasteiger partial charge in [-0.15, -0.1) is 0 Å². The van der Waals surface area contributed by atoms with Crippen LogP contribution in [0, 0.1) is 0 Å². The highest BCUT2D eigenvalue weighted by molar-refractivity contribution is 5.26. The van der Waals surface area contributed by atoms with Crippen molar-refractivity contribution in [2.75, 3.05) is 18.4 Å². The van der Waals surface area contributed by atoms with Gasteiger partial charge in [0.25, 0.3) is 0 Å². The zero-order valence-corrected chi connectivity index (χ0v) is 9.47. The molecule has 0 aliphatic carbocycles. The van der Waals surface area contributed by atoms with Crippen molar-refractivity contribution in [2.45, 2.75) is 25.4 Å². The molecule has 1 fully saturated rings. The van der Waals surface area contributed by atoms with Crippen LogP contribution in [-0.2, 0) is 0 Å². The van der Waals surface area contributed by atoms with Gasteiger partial charge >= 0.3 is 0 Å². The summed E-state index contributed by atoms with van der Waals surface area (Å²) in [6, 6.07) is 1.81. The molecular formula is C12H18N4. The summed E-state index contributed by atoms with van der Waals surface area (Å²) in [5.74, 6) is 0.665. The van der Waals surface area contributed by atoms with Gasteiger partial charge in [0.15, 0.2) is 0 Å². The number of likely N-dealkylation sites (tertiary alicyclic amines) is 1. The zero-order valence-electron chi connectivity index (χ0n) is 9.47. The molecule has 1 aliphatic rings. The number of nitrogens with one attached hydrogen (secondary N) is 1. The van der Waals surface area contributed by atoms with Crippen molar-refractivity contribution in [3.05, 3.63) is 31.1 Å². The first-order chi connectivity index (χ1) is 7.90. The number of anilines is 1. The molecule has 1 aliphatic heterocycles. The van der Waals surface area contributed by atoms with Crippen LogP contribution < -0.4 is 5.32 Å². The Morgan fingerprint density at radius 2 is 1.94 bits per heavy atom. The lowest BCUT2D eigenvalue weighted by Gasteiger charge is -2.32. The van der Waals surface area contributed by atoms with E-state index in [1.807, 2.05) is 12.1 Å². The minimum absolute atomic E-state index is 0.141. The minimum atomic E-state index is 0.141. The van der Waals surface area contributed by atoms with Crippen LogP contribution in [-0.4, -0.2) is 34.1 Å². The topological polar surface area (TPSA) is 41.1 Å². The van der Waals surface area contributed by atoms with Gasteiger partial charge in [-0.25, -0.2) is 9.97 Å². The molecule has 1 N–H and O–H groups in total. The summed E-state index contributed by atoms with van der Waals surface area (Å²) in [6.07, 6.45) is 9.41. The second-order valence-corrected chi connectivity index (χ2v) is 3.99. The van der Waals surface area contributed by atoms with E-state index in [1.165, 1.54) is 19.3 Å². The van der Waals surface area contributed by atoms with E-state index in [4.69, 9.17) is 0 Å².